The first-order valence-electron chi connectivity index (χ1n) is 5.98. The molecule has 0 saturated heterocycles. The lowest BCUT2D eigenvalue weighted by Gasteiger charge is -2.11. The van der Waals surface area contributed by atoms with Crippen molar-refractivity contribution in [3.8, 4) is 0 Å². The van der Waals surface area contributed by atoms with E-state index in [1.807, 2.05) is 30.3 Å². The van der Waals surface area contributed by atoms with Crippen molar-refractivity contribution >= 4 is 11.0 Å². The second kappa shape index (κ2) is 5.34. The van der Waals surface area contributed by atoms with Crippen LogP contribution in [0, 0.1) is 5.92 Å². The number of rotatable bonds is 5. The Balaban J connectivity index is 2.01. The average molecular weight is 233 g/mol. The molecule has 0 aliphatic rings. The topological polar surface area (TPSA) is 48.4 Å². The lowest BCUT2D eigenvalue weighted by Crippen LogP contribution is -2.18. The van der Waals surface area contributed by atoms with E-state index in [1.165, 1.54) is 0 Å². The van der Waals surface area contributed by atoms with Gasteiger partial charge in [-0.15, -0.1) is 0 Å². The smallest absolute Gasteiger partial charge is 0.134 e. The van der Waals surface area contributed by atoms with Gasteiger partial charge in [0.1, 0.15) is 11.3 Å². The molecule has 2 aromatic rings. The molecule has 1 aromatic heterocycles. The molecule has 1 aromatic carbocycles. The van der Waals surface area contributed by atoms with Crippen molar-refractivity contribution in [2.24, 2.45) is 11.7 Å². The van der Waals surface area contributed by atoms with E-state index >= 15 is 0 Å². The second-order valence-corrected chi connectivity index (χ2v) is 4.72. The van der Waals surface area contributed by atoms with Gasteiger partial charge in [0.2, 0.25) is 0 Å². The fourth-order valence-corrected chi connectivity index (χ4v) is 1.70. The minimum Gasteiger partial charge on any atom is -0.459 e. The Labute approximate surface area is 102 Å². The molecule has 3 heteroatoms. The maximum absolute atomic E-state index is 6.03. The van der Waals surface area contributed by atoms with E-state index in [1.54, 1.807) is 0 Å². The Morgan fingerprint density at radius 3 is 2.71 bits per heavy atom. The third-order valence-electron chi connectivity index (χ3n) is 2.56. The van der Waals surface area contributed by atoms with E-state index in [0.29, 0.717) is 12.5 Å². The maximum atomic E-state index is 6.03. The lowest BCUT2D eigenvalue weighted by atomic mass is 10.2. The van der Waals surface area contributed by atoms with Crippen molar-refractivity contribution in [3.05, 3.63) is 36.1 Å². The number of para-hydroxylation sites is 1. The second-order valence-electron chi connectivity index (χ2n) is 4.72. The molecular formula is C14H19NO2. The number of ether oxygens (including phenoxy) is 1. The molecule has 2 N–H and O–H groups in total. The van der Waals surface area contributed by atoms with Gasteiger partial charge in [0, 0.05) is 12.0 Å². The Morgan fingerprint density at radius 1 is 1.24 bits per heavy atom. The van der Waals surface area contributed by atoms with Crippen LogP contribution in [0.4, 0.5) is 0 Å². The van der Waals surface area contributed by atoms with Crippen molar-refractivity contribution < 1.29 is 9.15 Å². The lowest BCUT2D eigenvalue weighted by molar-refractivity contribution is 0.0943. The summed E-state index contributed by atoms with van der Waals surface area (Å²) in [5.41, 5.74) is 6.90. The minimum absolute atomic E-state index is 0.193. The molecule has 92 valence electrons. The zero-order chi connectivity index (χ0) is 12.3. The van der Waals surface area contributed by atoms with Crippen molar-refractivity contribution in [1.29, 1.82) is 0 Å². The zero-order valence-electron chi connectivity index (χ0n) is 10.3. The highest BCUT2D eigenvalue weighted by molar-refractivity contribution is 5.77. The van der Waals surface area contributed by atoms with Crippen molar-refractivity contribution in [3.63, 3.8) is 0 Å². The summed E-state index contributed by atoms with van der Waals surface area (Å²) in [6.07, 6.45) is 0. The molecule has 0 aliphatic carbocycles. The van der Waals surface area contributed by atoms with Crippen LogP contribution in [0.5, 0.6) is 0 Å². The quantitative estimate of drug-likeness (QED) is 0.863. The largest absolute Gasteiger partial charge is 0.459 e. The molecule has 0 spiro atoms. The Bertz CT molecular complexity index is 443. The van der Waals surface area contributed by atoms with E-state index in [2.05, 4.69) is 13.8 Å². The van der Waals surface area contributed by atoms with Gasteiger partial charge in [-0.2, -0.15) is 0 Å². The zero-order valence-corrected chi connectivity index (χ0v) is 10.3. The summed E-state index contributed by atoms with van der Waals surface area (Å²) in [5, 5.41) is 1.09. The predicted octanol–water partition coefficient (Wildman–Crippen LogP) is 3.11. The summed E-state index contributed by atoms with van der Waals surface area (Å²) >= 11 is 0. The standard InChI is InChI=1S/C14H19NO2/c1-10(2)8-16-9-12(15)14-7-11-5-3-4-6-13(11)17-14/h3-7,10,12H,8-9,15H2,1-2H3. The highest BCUT2D eigenvalue weighted by Crippen LogP contribution is 2.22. The molecular weight excluding hydrogens is 214 g/mol. The summed E-state index contributed by atoms with van der Waals surface area (Å²) in [6, 6.07) is 9.70. The molecule has 2 rings (SSSR count). The third kappa shape index (κ3) is 3.08. The van der Waals surface area contributed by atoms with E-state index < -0.39 is 0 Å². The molecule has 3 nitrogen and oxygen atoms in total. The first-order chi connectivity index (χ1) is 8.16. The van der Waals surface area contributed by atoms with Crippen LogP contribution in [-0.4, -0.2) is 13.2 Å². The minimum atomic E-state index is -0.193. The number of hydrogen-bond acceptors (Lipinski definition) is 3. The van der Waals surface area contributed by atoms with E-state index in [-0.39, 0.29) is 6.04 Å². The summed E-state index contributed by atoms with van der Waals surface area (Å²) in [5.74, 6) is 1.31. The molecule has 0 radical (unpaired) electrons. The first kappa shape index (κ1) is 12.1. The van der Waals surface area contributed by atoms with Gasteiger partial charge in [-0.3, -0.25) is 0 Å². The number of benzene rings is 1. The third-order valence-corrected chi connectivity index (χ3v) is 2.56. The van der Waals surface area contributed by atoms with Gasteiger partial charge in [-0.25, -0.2) is 0 Å². The summed E-state index contributed by atoms with van der Waals surface area (Å²) < 4.78 is 11.2. The number of hydrogen-bond donors (Lipinski definition) is 1. The van der Waals surface area contributed by atoms with Crippen LogP contribution >= 0.6 is 0 Å². The normalized spacial score (nSPS) is 13.4. The molecule has 0 bridgehead atoms. The van der Waals surface area contributed by atoms with Crippen molar-refractivity contribution in [2.45, 2.75) is 19.9 Å². The van der Waals surface area contributed by atoms with Crippen LogP contribution in [0.2, 0.25) is 0 Å². The maximum Gasteiger partial charge on any atom is 0.134 e. The first-order valence-corrected chi connectivity index (χ1v) is 5.98. The average Bonchev–Trinajstić information content (AvgIpc) is 2.71. The van der Waals surface area contributed by atoms with Gasteiger partial charge in [0.25, 0.3) is 0 Å². The fraction of sp³-hybridized carbons (Fsp3) is 0.429. The monoisotopic (exact) mass is 233 g/mol. The predicted molar refractivity (Wildman–Crippen MR) is 68.8 cm³/mol. The van der Waals surface area contributed by atoms with Crippen LogP contribution in [0.15, 0.2) is 34.7 Å². The Morgan fingerprint density at radius 2 is 2.00 bits per heavy atom. The summed E-state index contributed by atoms with van der Waals surface area (Å²) in [6.45, 7) is 5.46. The SMILES string of the molecule is CC(C)COCC(N)c1cc2ccccc2o1. The Kier molecular flexibility index (Phi) is 3.82. The van der Waals surface area contributed by atoms with Gasteiger partial charge < -0.3 is 14.9 Å². The van der Waals surface area contributed by atoms with Crippen LogP contribution in [-0.2, 0) is 4.74 Å². The van der Waals surface area contributed by atoms with Gasteiger partial charge >= 0.3 is 0 Å². The number of furan rings is 1. The molecule has 0 aliphatic heterocycles. The van der Waals surface area contributed by atoms with Crippen molar-refractivity contribution in [1.82, 2.24) is 0 Å². The van der Waals surface area contributed by atoms with Crippen LogP contribution < -0.4 is 5.73 Å². The van der Waals surface area contributed by atoms with Gasteiger partial charge in [0.15, 0.2) is 0 Å². The summed E-state index contributed by atoms with van der Waals surface area (Å²) in [7, 11) is 0. The molecule has 0 saturated carbocycles. The van der Waals surface area contributed by atoms with Crippen LogP contribution in [0.1, 0.15) is 25.6 Å². The number of fused-ring (bicyclic) bond motifs is 1. The number of nitrogens with two attached hydrogens (primary N) is 1. The van der Waals surface area contributed by atoms with E-state index in [0.717, 1.165) is 23.3 Å². The van der Waals surface area contributed by atoms with Gasteiger partial charge in [-0.1, -0.05) is 32.0 Å². The molecule has 1 heterocycles. The molecule has 0 fully saturated rings. The van der Waals surface area contributed by atoms with Crippen molar-refractivity contribution in [2.75, 3.05) is 13.2 Å². The fourth-order valence-electron chi connectivity index (χ4n) is 1.70. The highest BCUT2D eigenvalue weighted by Gasteiger charge is 2.12. The van der Waals surface area contributed by atoms with Gasteiger partial charge in [0.05, 0.1) is 12.6 Å². The Hall–Kier alpha value is -1.32. The molecule has 1 atom stereocenters. The van der Waals surface area contributed by atoms with E-state index in [4.69, 9.17) is 14.9 Å². The van der Waals surface area contributed by atoms with Gasteiger partial charge in [-0.05, 0) is 18.1 Å². The highest BCUT2D eigenvalue weighted by atomic mass is 16.5. The van der Waals surface area contributed by atoms with Crippen LogP contribution in [0.3, 0.4) is 0 Å². The van der Waals surface area contributed by atoms with Crippen LogP contribution in [0.25, 0.3) is 11.0 Å². The molecule has 1 unspecified atom stereocenters. The van der Waals surface area contributed by atoms with E-state index in [9.17, 15) is 0 Å². The molecule has 17 heavy (non-hydrogen) atoms. The molecule has 0 amide bonds. The summed E-state index contributed by atoms with van der Waals surface area (Å²) in [4.78, 5) is 0.